The second-order valence-corrected chi connectivity index (χ2v) is 5.47. The summed E-state index contributed by atoms with van der Waals surface area (Å²) >= 11 is 6.08. The molecule has 0 aliphatic carbocycles. The van der Waals surface area contributed by atoms with Crippen LogP contribution in [-0.2, 0) is 0 Å². The van der Waals surface area contributed by atoms with Crippen molar-refractivity contribution in [1.82, 2.24) is 4.90 Å². The van der Waals surface area contributed by atoms with Crippen molar-refractivity contribution in [2.45, 2.75) is 32.6 Å². The molecule has 1 saturated heterocycles. The Morgan fingerprint density at radius 1 is 1.28 bits per heavy atom. The standard InChI is InChI=1S/C15H20ClNO/c1-12-5-6-14(16)13(11-12)15(18)7-10-17-8-3-2-4-9-17/h5-6,11H,2-4,7-10H2,1H3. The number of ketones is 1. The Bertz CT molecular complexity index is 425. The number of aryl methyl sites for hydroxylation is 1. The molecular formula is C15H20ClNO. The van der Waals surface area contributed by atoms with Gasteiger partial charge in [-0.25, -0.2) is 0 Å². The van der Waals surface area contributed by atoms with Crippen LogP contribution < -0.4 is 0 Å². The number of hydrogen-bond donors (Lipinski definition) is 0. The van der Waals surface area contributed by atoms with Crippen LogP contribution in [-0.4, -0.2) is 30.3 Å². The summed E-state index contributed by atoms with van der Waals surface area (Å²) < 4.78 is 0. The quantitative estimate of drug-likeness (QED) is 0.774. The zero-order valence-corrected chi connectivity index (χ0v) is 11.7. The lowest BCUT2D eigenvalue weighted by atomic mass is 10.0. The molecule has 0 amide bonds. The molecule has 1 aromatic rings. The van der Waals surface area contributed by atoms with Crippen molar-refractivity contribution >= 4 is 17.4 Å². The highest BCUT2D eigenvalue weighted by molar-refractivity contribution is 6.34. The summed E-state index contributed by atoms with van der Waals surface area (Å²) in [6.45, 7) is 5.12. The van der Waals surface area contributed by atoms with Gasteiger partial charge in [-0.3, -0.25) is 4.79 Å². The maximum Gasteiger partial charge on any atom is 0.165 e. The number of benzene rings is 1. The van der Waals surface area contributed by atoms with Crippen LogP contribution >= 0.6 is 11.6 Å². The molecule has 1 heterocycles. The molecule has 0 unspecified atom stereocenters. The Morgan fingerprint density at radius 2 is 2.00 bits per heavy atom. The van der Waals surface area contributed by atoms with Crippen molar-refractivity contribution in [3.05, 3.63) is 34.3 Å². The van der Waals surface area contributed by atoms with Crippen LogP contribution in [0.1, 0.15) is 41.6 Å². The average molecular weight is 266 g/mol. The first-order valence-electron chi connectivity index (χ1n) is 6.68. The van der Waals surface area contributed by atoms with Crippen LogP contribution in [0.25, 0.3) is 0 Å². The highest BCUT2D eigenvalue weighted by atomic mass is 35.5. The molecule has 1 aliphatic heterocycles. The van der Waals surface area contributed by atoms with Crippen molar-refractivity contribution in [2.75, 3.05) is 19.6 Å². The van der Waals surface area contributed by atoms with Gasteiger partial charge in [-0.15, -0.1) is 0 Å². The van der Waals surface area contributed by atoms with Gasteiger partial charge in [0.1, 0.15) is 0 Å². The highest BCUT2D eigenvalue weighted by Gasteiger charge is 2.14. The molecule has 1 aromatic carbocycles. The number of Topliss-reactive ketones (excluding diaryl/α,β-unsaturated/α-hetero) is 1. The van der Waals surface area contributed by atoms with Crippen molar-refractivity contribution in [2.24, 2.45) is 0 Å². The van der Waals surface area contributed by atoms with E-state index in [0.717, 1.165) is 25.2 Å². The molecule has 0 atom stereocenters. The van der Waals surface area contributed by atoms with Crippen molar-refractivity contribution < 1.29 is 4.79 Å². The molecule has 18 heavy (non-hydrogen) atoms. The Kier molecular flexibility index (Phi) is 4.79. The number of hydrogen-bond acceptors (Lipinski definition) is 2. The molecule has 98 valence electrons. The van der Waals surface area contributed by atoms with Gasteiger partial charge in [0.15, 0.2) is 5.78 Å². The molecular weight excluding hydrogens is 246 g/mol. The lowest BCUT2D eigenvalue weighted by molar-refractivity contribution is 0.0959. The third kappa shape index (κ3) is 3.56. The van der Waals surface area contributed by atoms with Gasteiger partial charge < -0.3 is 4.90 Å². The maximum absolute atomic E-state index is 12.1. The normalized spacial score (nSPS) is 16.8. The second-order valence-electron chi connectivity index (χ2n) is 5.06. The SMILES string of the molecule is Cc1ccc(Cl)c(C(=O)CCN2CCCCC2)c1. The molecule has 0 aromatic heterocycles. The lowest BCUT2D eigenvalue weighted by Crippen LogP contribution is -2.31. The molecule has 0 bridgehead atoms. The van der Waals surface area contributed by atoms with E-state index in [1.54, 1.807) is 0 Å². The van der Waals surface area contributed by atoms with Gasteiger partial charge in [0.25, 0.3) is 0 Å². The summed E-state index contributed by atoms with van der Waals surface area (Å²) in [5.41, 5.74) is 1.76. The van der Waals surface area contributed by atoms with Crippen LogP contribution in [0.5, 0.6) is 0 Å². The van der Waals surface area contributed by atoms with Crippen LogP contribution in [0.15, 0.2) is 18.2 Å². The fraction of sp³-hybridized carbons (Fsp3) is 0.533. The third-order valence-corrected chi connectivity index (χ3v) is 3.86. The molecule has 0 N–H and O–H groups in total. The number of piperidine rings is 1. The van der Waals surface area contributed by atoms with Crippen LogP contribution in [0.4, 0.5) is 0 Å². The van der Waals surface area contributed by atoms with E-state index in [2.05, 4.69) is 4.90 Å². The largest absolute Gasteiger partial charge is 0.303 e. The highest BCUT2D eigenvalue weighted by Crippen LogP contribution is 2.19. The Morgan fingerprint density at radius 3 is 2.72 bits per heavy atom. The first-order chi connectivity index (χ1) is 8.66. The van der Waals surface area contributed by atoms with Crippen LogP contribution in [0.3, 0.4) is 0 Å². The van der Waals surface area contributed by atoms with E-state index < -0.39 is 0 Å². The number of nitrogens with zero attached hydrogens (tertiary/aromatic N) is 1. The van der Waals surface area contributed by atoms with E-state index in [1.807, 2.05) is 25.1 Å². The second kappa shape index (κ2) is 6.35. The number of carbonyl (C=O) groups is 1. The summed E-state index contributed by atoms with van der Waals surface area (Å²) in [6.07, 6.45) is 4.43. The minimum Gasteiger partial charge on any atom is -0.303 e. The molecule has 1 fully saturated rings. The van der Waals surface area contributed by atoms with Gasteiger partial charge >= 0.3 is 0 Å². The first kappa shape index (κ1) is 13.6. The van der Waals surface area contributed by atoms with E-state index in [-0.39, 0.29) is 5.78 Å². The van der Waals surface area contributed by atoms with Crippen molar-refractivity contribution in [3.8, 4) is 0 Å². The van der Waals surface area contributed by atoms with E-state index in [9.17, 15) is 4.79 Å². The van der Waals surface area contributed by atoms with Gasteiger partial charge in [0.2, 0.25) is 0 Å². The lowest BCUT2D eigenvalue weighted by Gasteiger charge is -2.26. The predicted molar refractivity (Wildman–Crippen MR) is 75.4 cm³/mol. The van der Waals surface area contributed by atoms with E-state index in [4.69, 9.17) is 11.6 Å². The summed E-state index contributed by atoms with van der Waals surface area (Å²) in [4.78, 5) is 14.5. The smallest absolute Gasteiger partial charge is 0.165 e. The predicted octanol–water partition coefficient (Wildman–Crippen LogP) is 3.71. The minimum atomic E-state index is 0.161. The van der Waals surface area contributed by atoms with Gasteiger partial charge in [0, 0.05) is 18.5 Å². The molecule has 0 radical (unpaired) electrons. The number of carbonyl (C=O) groups excluding carboxylic acids is 1. The molecule has 2 nitrogen and oxygen atoms in total. The van der Waals surface area contributed by atoms with Gasteiger partial charge in [0.05, 0.1) is 5.02 Å². The topological polar surface area (TPSA) is 20.3 Å². The Hall–Kier alpha value is -0.860. The van der Waals surface area contributed by atoms with Crippen LogP contribution in [0, 0.1) is 6.92 Å². The number of halogens is 1. The minimum absolute atomic E-state index is 0.161. The van der Waals surface area contributed by atoms with Crippen molar-refractivity contribution in [1.29, 1.82) is 0 Å². The number of likely N-dealkylation sites (tertiary alicyclic amines) is 1. The fourth-order valence-corrected chi connectivity index (χ4v) is 2.65. The summed E-state index contributed by atoms with van der Waals surface area (Å²) in [7, 11) is 0. The average Bonchev–Trinajstić information content (AvgIpc) is 2.40. The first-order valence-corrected chi connectivity index (χ1v) is 7.06. The summed E-state index contributed by atoms with van der Waals surface area (Å²) in [6, 6.07) is 5.63. The third-order valence-electron chi connectivity index (χ3n) is 3.53. The van der Waals surface area contributed by atoms with E-state index in [1.165, 1.54) is 19.3 Å². The zero-order chi connectivity index (χ0) is 13.0. The molecule has 0 spiro atoms. The summed E-state index contributed by atoms with van der Waals surface area (Å²) in [5, 5.41) is 0.573. The van der Waals surface area contributed by atoms with E-state index in [0.29, 0.717) is 17.0 Å². The summed E-state index contributed by atoms with van der Waals surface area (Å²) in [5.74, 6) is 0.161. The van der Waals surface area contributed by atoms with Crippen LogP contribution in [0.2, 0.25) is 5.02 Å². The Labute approximate surface area is 114 Å². The fourth-order valence-electron chi connectivity index (χ4n) is 2.43. The monoisotopic (exact) mass is 265 g/mol. The Balaban J connectivity index is 1.92. The van der Waals surface area contributed by atoms with Crippen molar-refractivity contribution in [3.63, 3.8) is 0 Å². The molecule has 2 rings (SSSR count). The number of rotatable bonds is 4. The van der Waals surface area contributed by atoms with E-state index >= 15 is 0 Å². The van der Waals surface area contributed by atoms with Gasteiger partial charge in [-0.1, -0.05) is 29.7 Å². The van der Waals surface area contributed by atoms with Gasteiger partial charge in [-0.2, -0.15) is 0 Å². The molecule has 1 aliphatic rings. The van der Waals surface area contributed by atoms with Gasteiger partial charge in [-0.05, 0) is 45.0 Å². The molecule has 3 heteroatoms. The maximum atomic E-state index is 12.1. The zero-order valence-electron chi connectivity index (χ0n) is 10.9. The molecule has 0 saturated carbocycles.